The molecule has 19 heavy (non-hydrogen) atoms. The van der Waals surface area contributed by atoms with Gasteiger partial charge in [-0.05, 0) is 31.4 Å². The first kappa shape index (κ1) is 14.1. The topological polar surface area (TPSA) is 32.3 Å². The molecule has 2 rings (SSSR count). The summed E-state index contributed by atoms with van der Waals surface area (Å²) < 4.78 is 0. The normalized spacial score (nSPS) is 20.1. The highest BCUT2D eigenvalue weighted by Crippen LogP contribution is 2.09. The maximum Gasteiger partial charge on any atom is 0.222 e. The second-order valence-electron chi connectivity index (χ2n) is 5.28. The number of carbonyl (C=O) groups is 1. The fourth-order valence-corrected chi connectivity index (χ4v) is 2.63. The zero-order chi connectivity index (χ0) is 13.5. The van der Waals surface area contributed by atoms with E-state index in [9.17, 15) is 4.79 Å². The van der Waals surface area contributed by atoms with Crippen LogP contribution in [0, 0.1) is 0 Å². The summed E-state index contributed by atoms with van der Waals surface area (Å²) >= 11 is 0. The van der Waals surface area contributed by atoms with Crippen LogP contribution in [-0.2, 0) is 11.2 Å². The number of rotatable bonds is 4. The van der Waals surface area contributed by atoms with Gasteiger partial charge in [0.25, 0.3) is 0 Å². The molecule has 0 radical (unpaired) electrons. The van der Waals surface area contributed by atoms with Gasteiger partial charge in [0.15, 0.2) is 0 Å². The van der Waals surface area contributed by atoms with E-state index in [0.29, 0.717) is 18.4 Å². The molecule has 1 aliphatic heterocycles. The summed E-state index contributed by atoms with van der Waals surface area (Å²) in [7, 11) is 0. The van der Waals surface area contributed by atoms with E-state index in [0.717, 1.165) is 38.9 Å². The van der Waals surface area contributed by atoms with Crippen molar-refractivity contribution in [3.8, 4) is 0 Å². The molecule has 1 N–H and O–H groups in total. The lowest BCUT2D eigenvalue weighted by molar-refractivity contribution is -0.131. The van der Waals surface area contributed by atoms with Gasteiger partial charge in [0.2, 0.25) is 5.91 Å². The third-order valence-electron chi connectivity index (χ3n) is 3.62. The molecule has 0 saturated carbocycles. The van der Waals surface area contributed by atoms with Gasteiger partial charge in [-0.1, -0.05) is 37.3 Å². The van der Waals surface area contributed by atoms with Crippen LogP contribution in [0.3, 0.4) is 0 Å². The standard InChI is InChI=1S/C16H24N2O/c1-2-7-16(19)18-11-6-10-17-15(13-18)12-14-8-4-3-5-9-14/h3-5,8-9,15,17H,2,6-7,10-13H2,1H3. The molecule has 1 aromatic carbocycles. The van der Waals surface area contributed by atoms with Crippen LogP contribution < -0.4 is 5.32 Å². The van der Waals surface area contributed by atoms with Crippen LogP contribution >= 0.6 is 0 Å². The average molecular weight is 260 g/mol. The van der Waals surface area contributed by atoms with Crippen molar-refractivity contribution in [2.45, 2.75) is 38.6 Å². The molecule has 3 heteroatoms. The van der Waals surface area contributed by atoms with Crippen LogP contribution in [0.2, 0.25) is 0 Å². The SMILES string of the molecule is CCCC(=O)N1CCCNC(Cc2ccccc2)C1. The molecule has 3 nitrogen and oxygen atoms in total. The van der Waals surface area contributed by atoms with Crippen LogP contribution in [0.1, 0.15) is 31.7 Å². The Kier molecular flexibility index (Phi) is 5.40. The number of hydrogen-bond acceptors (Lipinski definition) is 2. The van der Waals surface area contributed by atoms with Gasteiger partial charge in [-0.15, -0.1) is 0 Å². The Hall–Kier alpha value is -1.35. The maximum absolute atomic E-state index is 12.0. The number of carbonyl (C=O) groups excluding carboxylic acids is 1. The molecule has 1 saturated heterocycles. The molecule has 0 aliphatic carbocycles. The molecule has 0 aromatic heterocycles. The lowest BCUT2D eigenvalue weighted by Crippen LogP contribution is -2.41. The molecule has 0 bridgehead atoms. The van der Waals surface area contributed by atoms with E-state index < -0.39 is 0 Å². The minimum absolute atomic E-state index is 0.310. The average Bonchev–Trinajstić information content (AvgIpc) is 2.66. The Morgan fingerprint density at radius 1 is 1.37 bits per heavy atom. The van der Waals surface area contributed by atoms with Crippen LogP contribution in [0.5, 0.6) is 0 Å². The van der Waals surface area contributed by atoms with E-state index in [2.05, 4.69) is 36.5 Å². The van der Waals surface area contributed by atoms with Crippen molar-refractivity contribution in [1.29, 1.82) is 0 Å². The number of benzene rings is 1. The first-order chi connectivity index (χ1) is 9.29. The first-order valence-electron chi connectivity index (χ1n) is 7.34. The number of hydrogen-bond donors (Lipinski definition) is 1. The monoisotopic (exact) mass is 260 g/mol. The van der Waals surface area contributed by atoms with Gasteiger partial charge in [0.05, 0.1) is 0 Å². The Morgan fingerprint density at radius 2 is 2.16 bits per heavy atom. The lowest BCUT2D eigenvalue weighted by Gasteiger charge is -2.24. The molecule has 0 spiro atoms. The van der Waals surface area contributed by atoms with Gasteiger partial charge in [0, 0.05) is 25.6 Å². The van der Waals surface area contributed by atoms with Gasteiger partial charge < -0.3 is 10.2 Å². The minimum atomic E-state index is 0.310. The van der Waals surface area contributed by atoms with Gasteiger partial charge in [-0.2, -0.15) is 0 Å². The molecule has 1 fully saturated rings. The third-order valence-corrected chi connectivity index (χ3v) is 3.62. The van der Waals surface area contributed by atoms with Gasteiger partial charge >= 0.3 is 0 Å². The summed E-state index contributed by atoms with van der Waals surface area (Å²) in [5.41, 5.74) is 1.34. The first-order valence-corrected chi connectivity index (χ1v) is 7.34. The molecule has 1 amide bonds. The highest BCUT2D eigenvalue weighted by Gasteiger charge is 2.21. The summed E-state index contributed by atoms with van der Waals surface area (Å²) in [4.78, 5) is 14.1. The highest BCUT2D eigenvalue weighted by molar-refractivity contribution is 5.76. The molecule has 104 valence electrons. The van der Waals surface area contributed by atoms with Crippen molar-refractivity contribution < 1.29 is 4.79 Å². The van der Waals surface area contributed by atoms with Gasteiger partial charge in [-0.25, -0.2) is 0 Å². The second-order valence-corrected chi connectivity index (χ2v) is 5.28. The largest absolute Gasteiger partial charge is 0.341 e. The second kappa shape index (κ2) is 7.29. The molecule has 1 unspecified atom stereocenters. The predicted octanol–water partition coefficient (Wildman–Crippen LogP) is 2.22. The maximum atomic E-state index is 12.0. The minimum Gasteiger partial charge on any atom is -0.341 e. The Labute approximate surface area is 116 Å². The molecule has 1 heterocycles. The number of amides is 1. The van der Waals surface area contributed by atoms with Crippen molar-refractivity contribution in [2.75, 3.05) is 19.6 Å². The van der Waals surface area contributed by atoms with E-state index >= 15 is 0 Å². The van der Waals surface area contributed by atoms with E-state index in [1.54, 1.807) is 0 Å². The van der Waals surface area contributed by atoms with Crippen LogP contribution in [0.4, 0.5) is 0 Å². The van der Waals surface area contributed by atoms with E-state index in [1.807, 2.05) is 11.0 Å². The van der Waals surface area contributed by atoms with Crippen LogP contribution in [0.15, 0.2) is 30.3 Å². The van der Waals surface area contributed by atoms with Crippen LogP contribution in [-0.4, -0.2) is 36.5 Å². The quantitative estimate of drug-likeness (QED) is 0.900. The number of nitrogens with zero attached hydrogens (tertiary/aromatic N) is 1. The van der Waals surface area contributed by atoms with Gasteiger partial charge in [-0.3, -0.25) is 4.79 Å². The molecule has 1 aliphatic rings. The molecular weight excluding hydrogens is 236 g/mol. The summed E-state index contributed by atoms with van der Waals surface area (Å²) in [5, 5.41) is 3.56. The summed E-state index contributed by atoms with van der Waals surface area (Å²) in [6.45, 7) is 4.81. The summed E-state index contributed by atoms with van der Waals surface area (Å²) in [6, 6.07) is 10.9. The zero-order valence-electron chi connectivity index (χ0n) is 11.8. The smallest absolute Gasteiger partial charge is 0.222 e. The third kappa shape index (κ3) is 4.35. The van der Waals surface area contributed by atoms with Crippen molar-refractivity contribution >= 4 is 5.91 Å². The van der Waals surface area contributed by atoms with Crippen molar-refractivity contribution in [2.24, 2.45) is 0 Å². The van der Waals surface area contributed by atoms with Crippen LogP contribution in [0.25, 0.3) is 0 Å². The van der Waals surface area contributed by atoms with E-state index in [1.165, 1.54) is 5.56 Å². The summed E-state index contributed by atoms with van der Waals surface area (Å²) in [5.74, 6) is 0.310. The Morgan fingerprint density at radius 3 is 2.89 bits per heavy atom. The van der Waals surface area contributed by atoms with E-state index in [-0.39, 0.29) is 0 Å². The molecular formula is C16H24N2O. The highest BCUT2D eigenvalue weighted by atomic mass is 16.2. The zero-order valence-corrected chi connectivity index (χ0v) is 11.8. The van der Waals surface area contributed by atoms with Crippen molar-refractivity contribution in [3.63, 3.8) is 0 Å². The van der Waals surface area contributed by atoms with Crippen molar-refractivity contribution in [3.05, 3.63) is 35.9 Å². The van der Waals surface area contributed by atoms with E-state index in [4.69, 9.17) is 0 Å². The van der Waals surface area contributed by atoms with Crippen molar-refractivity contribution in [1.82, 2.24) is 10.2 Å². The number of nitrogens with one attached hydrogen (secondary N) is 1. The Bertz CT molecular complexity index is 391. The molecule has 1 atom stereocenters. The fourth-order valence-electron chi connectivity index (χ4n) is 2.63. The predicted molar refractivity (Wildman–Crippen MR) is 78.0 cm³/mol. The molecule has 1 aromatic rings. The lowest BCUT2D eigenvalue weighted by atomic mass is 10.1. The Balaban J connectivity index is 1.94. The fraction of sp³-hybridized carbons (Fsp3) is 0.562. The summed E-state index contributed by atoms with van der Waals surface area (Å²) in [6.07, 6.45) is 3.67. The van der Waals surface area contributed by atoms with Gasteiger partial charge in [0.1, 0.15) is 0 Å².